The molecule has 0 heterocycles. The van der Waals surface area contributed by atoms with Gasteiger partial charge >= 0.3 is 0 Å². The van der Waals surface area contributed by atoms with Crippen LogP contribution < -0.4 is 9.78 Å². The topological polar surface area (TPSA) is 18.5 Å². The van der Waals surface area contributed by atoms with Crippen molar-refractivity contribution in [3.8, 4) is 11.5 Å². The van der Waals surface area contributed by atoms with Gasteiger partial charge in [-0.2, -0.15) is 0 Å². The predicted molar refractivity (Wildman–Crippen MR) is 120 cm³/mol. The average Bonchev–Trinajstić information content (AvgIpc) is 2.72. The zero-order valence-corrected chi connectivity index (χ0v) is 18.8. The first kappa shape index (κ1) is 22.3. The predicted octanol–water partition coefficient (Wildman–Crippen LogP) is 7.21. The highest BCUT2D eigenvalue weighted by atomic mass is 17.2. The summed E-state index contributed by atoms with van der Waals surface area (Å²) in [5.41, 5.74) is 8.30. The molecule has 0 aliphatic rings. The van der Waals surface area contributed by atoms with E-state index in [2.05, 4.69) is 65.8 Å². The van der Waals surface area contributed by atoms with E-state index < -0.39 is 0 Å². The molecule has 0 atom stereocenters. The number of hydrogen-bond acceptors (Lipinski definition) is 2. The fourth-order valence-electron chi connectivity index (χ4n) is 4.35. The van der Waals surface area contributed by atoms with Gasteiger partial charge in [0.1, 0.15) is 0 Å². The minimum absolute atomic E-state index is 0.858. The molecule has 0 unspecified atom stereocenters. The van der Waals surface area contributed by atoms with Gasteiger partial charge in [0, 0.05) is 11.1 Å². The second-order valence-corrected chi connectivity index (χ2v) is 7.44. The average molecular weight is 383 g/mol. The first-order valence-electron chi connectivity index (χ1n) is 11.3. The summed E-state index contributed by atoms with van der Waals surface area (Å²) in [6.45, 7) is 13.3. The molecule has 0 aliphatic carbocycles. The minimum Gasteiger partial charge on any atom is -0.290 e. The Hall–Kier alpha value is -1.96. The summed E-state index contributed by atoms with van der Waals surface area (Å²) in [6, 6.07) is 8.59. The molecule has 0 bridgehead atoms. The number of aryl methyl sites for hydroxylation is 2. The lowest BCUT2D eigenvalue weighted by Gasteiger charge is -2.19. The Kier molecular flexibility index (Phi) is 8.89. The van der Waals surface area contributed by atoms with Crippen molar-refractivity contribution in [2.45, 2.75) is 92.9 Å². The molecule has 0 saturated heterocycles. The van der Waals surface area contributed by atoms with Crippen molar-refractivity contribution in [1.82, 2.24) is 0 Å². The summed E-state index contributed by atoms with van der Waals surface area (Å²) >= 11 is 0. The molecule has 0 radical (unpaired) electrons. The Labute approximate surface area is 172 Å². The van der Waals surface area contributed by atoms with Crippen LogP contribution in [0.5, 0.6) is 11.5 Å². The van der Waals surface area contributed by atoms with E-state index in [9.17, 15) is 0 Å². The fraction of sp³-hybridized carbons (Fsp3) is 0.538. The van der Waals surface area contributed by atoms with Gasteiger partial charge in [-0.15, -0.1) is 0 Å². The van der Waals surface area contributed by atoms with Gasteiger partial charge < -0.3 is 0 Å². The van der Waals surface area contributed by atoms with Crippen molar-refractivity contribution >= 4 is 0 Å². The Morgan fingerprint density at radius 1 is 0.500 bits per heavy atom. The van der Waals surface area contributed by atoms with Crippen molar-refractivity contribution in [3.63, 3.8) is 0 Å². The normalized spacial score (nSPS) is 10.9. The van der Waals surface area contributed by atoms with E-state index in [4.69, 9.17) is 9.78 Å². The van der Waals surface area contributed by atoms with Crippen molar-refractivity contribution in [3.05, 3.63) is 57.6 Å². The molecule has 2 aromatic carbocycles. The molecule has 154 valence electrons. The standard InChI is InChI=1S/C26H38O2/c1-7-13-19-15-17-25(23(11-5)21(19)9-3)27-28-26-18-16-20(14-8-2)22(10-4)24(26)12-6/h15-18H,7-14H2,1-6H3. The van der Waals surface area contributed by atoms with Crippen LogP contribution in [0.4, 0.5) is 0 Å². The molecule has 0 N–H and O–H groups in total. The fourth-order valence-corrected chi connectivity index (χ4v) is 4.35. The second kappa shape index (κ2) is 11.1. The molecule has 0 aliphatic heterocycles. The van der Waals surface area contributed by atoms with E-state index in [0.717, 1.165) is 62.9 Å². The maximum absolute atomic E-state index is 5.93. The first-order chi connectivity index (χ1) is 13.6. The van der Waals surface area contributed by atoms with Crippen LogP contribution in [0.3, 0.4) is 0 Å². The van der Waals surface area contributed by atoms with E-state index in [1.807, 2.05) is 0 Å². The number of rotatable bonds is 11. The van der Waals surface area contributed by atoms with Crippen LogP contribution in [-0.4, -0.2) is 0 Å². The largest absolute Gasteiger partial charge is 0.290 e. The highest BCUT2D eigenvalue weighted by molar-refractivity contribution is 5.47. The zero-order valence-electron chi connectivity index (χ0n) is 18.8. The van der Waals surface area contributed by atoms with E-state index in [-0.39, 0.29) is 0 Å². The molecule has 28 heavy (non-hydrogen) atoms. The molecule has 2 heteroatoms. The third-order valence-corrected chi connectivity index (χ3v) is 5.64. The van der Waals surface area contributed by atoms with E-state index in [1.54, 1.807) is 0 Å². The van der Waals surface area contributed by atoms with Crippen molar-refractivity contribution in [2.75, 3.05) is 0 Å². The van der Waals surface area contributed by atoms with Crippen LogP contribution in [0.15, 0.2) is 24.3 Å². The van der Waals surface area contributed by atoms with E-state index in [0.29, 0.717) is 0 Å². The molecular formula is C26H38O2. The summed E-state index contributed by atoms with van der Waals surface area (Å²) in [4.78, 5) is 11.9. The van der Waals surface area contributed by atoms with Gasteiger partial charge in [-0.1, -0.05) is 66.5 Å². The monoisotopic (exact) mass is 382 g/mol. The third-order valence-electron chi connectivity index (χ3n) is 5.64. The third kappa shape index (κ3) is 4.90. The van der Waals surface area contributed by atoms with Crippen LogP contribution in [0.2, 0.25) is 0 Å². The SMILES string of the molecule is CCCc1ccc(OOc2ccc(CCC)c(CC)c2CC)c(CC)c1CC. The summed E-state index contributed by atoms with van der Waals surface area (Å²) in [6.07, 6.45) is 8.54. The van der Waals surface area contributed by atoms with Gasteiger partial charge in [-0.3, -0.25) is 9.78 Å². The van der Waals surface area contributed by atoms with Crippen LogP contribution in [0.25, 0.3) is 0 Å². The molecule has 0 amide bonds. The van der Waals surface area contributed by atoms with Gasteiger partial charge in [-0.25, -0.2) is 0 Å². The molecule has 0 saturated carbocycles. The van der Waals surface area contributed by atoms with Gasteiger partial charge in [0.05, 0.1) is 0 Å². The zero-order chi connectivity index (χ0) is 20.5. The highest BCUT2D eigenvalue weighted by Crippen LogP contribution is 2.31. The maximum atomic E-state index is 5.93. The number of hydrogen-bond donors (Lipinski definition) is 0. The smallest absolute Gasteiger partial charge is 0.182 e. The van der Waals surface area contributed by atoms with E-state index in [1.165, 1.54) is 33.4 Å². The lowest BCUT2D eigenvalue weighted by atomic mass is 9.93. The van der Waals surface area contributed by atoms with Crippen molar-refractivity contribution in [2.24, 2.45) is 0 Å². The lowest BCUT2D eigenvalue weighted by molar-refractivity contribution is -0.102. The maximum Gasteiger partial charge on any atom is 0.182 e. The first-order valence-corrected chi connectivity index (χ1v) is 11.3. The Balaban J connectivity index is 2.33. The van der Waals surface area contributed by atoms with Crippen LogP contribution in [0, 0.1) is 0 Å². The van der Waals surface area contributed by atoms with Crippen molar-refractivity contribution in [1.29, 1.82) is 0 Å². The summed E-state index contributed by atoms with van der Waals surface area (Å²) in [7, 11) is 0. The van der Waals surface area contributed by atoms with Crippen LogP contribution in [0.1, 0.15) is 87.8 Å². The van der Waals surface area contributed by atoms with Gasteiger partial charge in [0.25, 0.3) is 0 Å². The molecule has 2 rings (SSSR count). The molecule has 2 aromatic rings. The molecule has 2 nitrogen and oxygen atoms in total. The minimum atomic E-state index is 0.858. The Morgan fingerprint density at radius 2 is 0.857 bits per heavy atom. The van der Waals surface area contributed by atoms with Gasteiger partial charge in [0.15, 0.2) is 11.5 Å². The number of benzene rings is 2. The van der Waals surface area contributed by atoms with Gasteiger partial charge in [0.2, 0.25) is 0 Å². The highest BCUT2D eigenvalue weighted by Gasteiger charge is 2.16. The summed E-state index contributed by atoms with van der Waals surface area (Å²) in [5, 5.41) is 0. The molecule has 0 fully saturated rings. The Morgan fingerprint density at radius 3 is 1.14 bits per heavy atom. The van der Waals surface area contributed by atoms with Crippen molar-refractivity contribution < 1.29 is 9.78 Å². The molecule has 0 spiro atoms. The quantitative estimate of drug-likeness (QED) is 0.302. The molecular weight excluding hydrogens is 344 g/mol. The van der Waals surface area contributed by atoms with E-state index >= 15 is 0 Å². The van der Waals surface area contributed by atoms with Crippen LogP contribution in [-0.2, 0) is 38.5 Å². The Bertz CT molecular complexity index is 696. The van der Waals surface area contributed by atoms with Gasteiger partial charge in [-0.05, 0) is 72.9 Å². The summed E-state index contributed by atoms with van der Waals surface area (Å²) in [5.74, 6) is 1.72. The molecule has 0 aromatic heterocycles. The summed E-state index contributed by atoms with van der Waals surface area (Å²) < 4.78 is 0. The second-order valence-electron chi connectivity index (χ2n) is 7.44. The lowest BCUT2D eigenvalue weighted by Crippen LogP contribution is -2.09. The van der Waals surface area contributed by atoms with Crippen LogP contribution >= 0.6 is 0 Å².